The number of methoxy groups -OCH3 is 1. The van der Waals surface area contributed by atoms with Crippen LogP contribution in [0, 0.1) is 6.92 Å². The molecular formula is C22H21N3O5S. The van der Waals surface area contributed by atoms with E-state index in [4.69, 9.17) is 4.74 Å². The molecule has 0 aliphatic carbocycles. The minimum atomic E-state index is -0.695. The summed E-state index contributed by atoms with van der Waals surface area (Å²) in [4.78, 5) is 40.2. The number of anilines is 2. The first-order valence-electron chi connectivity index (χ1n) is 9.35. The zero-order valence-electron chi connectivity index (χ0n) is 17.0. The van der Waals surface area contributed by atoms with E-state index in [1.54, 1.807) is 24.4 Å². The van der Waals surface area contributed by atoms with Gasteiger partial charge in [0.2, 0.25) is 0 Å². The molecule has 9 heteroatoms. The van der Waals surface area contributed by atoms with Crippen molar-refractivity contribution in [3.63, 3.8) is 0 Å². The number of esters is 2. The van der Waals surface area contributed by atoms with Crippen molar-refractivity contribution in [3.8, 4) is 0 Å². The Morgan fingerprint density at radius 2 is 1.84 bits per heavy atom. The smallest absolute Gasteiger partial charge is 0.358 e. The Bertz CT molecular complexity index is 1080. The topological polar surface area (TPSA) is 107 Å². The average molecular weight is 439 g/mol. The lowest BCUT2D eigenvalue weighted by molar-refractivity contribution is -0.119. The Balaban J connectivity index is 1.51. The van der Waals surface area contributed by atoms with Crippen molar-refractivity contribution in [1.29, 1.82) is 0 Å². The van der Waals surface area contributed by atoms with Gasteiger partial charge < -0.3 is 20.1 Å². The number of hydrogen-bond acceptors (Lipinski definition) is 8. The Kier molecular flexibility index (Phi) is 7.34. The van der Waals surface area contributed by atoms with Gasteiger partial charge in [0.05, 0.1) is 12.7 Å². The molecule has 8 nitrogen and oxygen atoms in total. The summed E-state index contributed by atoms with van der Waals surface area (Å²) in [6.07, 6.45) is 0. The number of rotatable bonds is 8. The van der Waals surface area contributed by atoms with Gasteiger partial charge in [-0.3, -0.25) is 4.79 Å². The van der Waals surface area contributed by atoms with Gasteiger partial charge >= 0.3 is 11.9 Å². The molecule has 0 atom stereocenters. The van der Waals surface area contributed by atoms with Crippen molar-refractivity contribution in [2.75, 3.05) is 24.4 Å². The molecule has 0 fully saturated rings. The van der Waals surface area contributed by atoms with E-state index in [-0.39, 0.29) is 5.69 Å². The Morgan fingerprint density at radius 1 is 1.06 bits per heavy atom. The Labute approximate surface area is 183 Å². The molecule has 3 rings (SSSR count). The van der Waals surface area contributed by atoms with Gasteiger partial charge in [0, 0.05) is 17.6 Å². The number of hydrogen-bond donors (Lipinski definition) is 2. The van der Waals surface area contributed by atoms with Crippen LogP contribution < -0.4 is 10.6 Å². The third-order valence-electron chi connectivity index (χ3n) is 4.27. The first-order chi connectivity index (χ1) is 15.0. The normalized spacial score (nSPS) is 10.3. The zero-order valence-corrected chi connectivity index (χ0v) is 17.8. The van der Waals surface area contributed by atoms with Gasteiger partial charge in [-0.2, -0.15) is 0 Å². The van der Waals surface area contributed by atoms with Crippen LogP contribution in [-0.2, 0) is 20.8 Å². The standard InChI is InChI=1S/C22H21N3O5S/c1-14-8-9-16(20(27)29-2)10-17(14)24-19(26)12-30-21(28)18-13-31-22(25-18)23-11-15-6-4-3-5-7-15/h3-10,13H,11-12H2,1-2H3,(H,23,25)(H,24,26). The summed E-state index contributed by atoms with van der Waals surface area (Å²) in [7, 11) is 1.28. The summed E-state index contributed by atoms with van der Waals surface area (Å²) < 4.78 is 9.73. The molecule has 2 N–H and O–H groups in total. The third-order valence-corrected chi connectivity index (χ3v) is 5.07. The summed E-state index contributed by atoms with van der Waals surface area (Å²) in [6, 6.07) is 14.6. The number of aryl methyl sites for hydroxylation is 1. The number of carbonyl (C=O) groups excluding carboxylic acids is 3. The van der Waals surface area contributed by atoms with E-state index in [9.17, 15) is 14.4 Å². The highest BCUT2D eigenvalue weighted by Crippen LogP contribution is 2.19. The number of amides is 1. The molecule has 160 valence electrons. The quantitative estimate of drug-likeness (QED) is 0.516. The van der Waals surface area contributed by atoms with Crippen LogP contribution in [0.3, 0.4) is 0 Å². The molecule has 0 aliphatic rings. The van der Waals surface area contributed by atoms with Crippen molar-refractivity contribution in [3.05, 3.63) is 76.3 Å². The molecule has 0 saturated heterocycles. The molecule has 0 spiro atoms. The van der Waals surface area contributed by atoms with Gasteiger partial charge in [-0.05, 0) is 30.2 Å². The predicted octanol–water partition coefficient (Wildman–Crippen LogP) is 3.65. The van der Waals surface area contributed by atoms with Crippen LogP contribution in [0.25, 0.3) is 0 Å². The van der Waals surface area contributed by atoms with Gasteiger partial charge in [-0.1, -0.05) is 36.4 Å². The van der Waals surface area contributed by atoms with Crippen molar-refractivity contribution in [2.24, 2.45) is 0 Å². The molecular weight excluding hydrogens is 418 g/mol. The van der Waals surface area contributed by atoms with E-state index < -0.39 is 24.5 Å². The van der Waals surface area contributed by atoms with E-state index in [0.717, 1.165) is 11.1 Å². The first kappa shape index (κ1) is 22.0. The molecule has 0 bridgehead atoms. The highest BCUT2D eigenvalue weighted by atomic mass is 32.1. The van der Waals surface area contributed by atoms with Crippen LogP contribution in [0.5, 0.6) is 0 Å². The molecule has 1 heterocycles. The second kappa shape index (κ2) is 10.4. The fourth-order valence-corrected chi connectivity index (χ4v) is 3.29. The second-order valence-corrected chi connectivity index (χ2v) is 7.38. The van der Waals surface area contributed by atoms with Gasteiger partial charge in [0.1, 0.15) is 0 Å². The Morgan fingerprint density at radius 3 is 2.58 bits per heavy atom. The zero-order chi connectivity index (χ0) is 22.2. The second-order valence-electron chi connectivity index (χ2n) is 6.52. The molecule has 2 aromatic carbocycles. The maximum absolute atomic E-state index is 12.2. The highest BCUT2D eigenvalue weighted by molar-refractivity contribution is 7.13. The van der Waals surface area contributed by atoms with Gasteiger partial charge in [-0.15, -0.1) is 11.3 Å². The number of aromatic nitrogens is 1. The first-order valence-corrected chi connectivity index (χ1v) is 10.2. The fraction of sp³-hybridized carbons (Fsp3) is 0.182. The summed E-state index contributed by atoms with van der Waals surface area (Å²) in [6.45, 7) is 1.88. The van der Waals surface area contributed by atoms with Crippen molar-refractivity contribution < 1.29 is 23.9 Å². The van der Waals surface area contributed by atoms with Crippen LogP contribution in [0.2, 0.25) is 0 Å². The molecule has 0 aliphatic heterocycles. The molecule has 1 amide bonds. The number of nitrogens with zero attached hydrogens (tertiary/aromatic N) is 1. The lowest BCUT2D eigenvalue weighted by Gasteiger charge is -2.10. The molecule has 0 radical (unpaired) electrons. The van der Waals surface area contributed by atoms with Crippen LogP contribution in [0.4, 0.5) is 10.8 Å². The van der Waals surface area contributed by atoms with Gasteiger partial charge in [0.15, 0.2) is 17.4 Å². The van der Waals surface area contributed by atoms with E-state index >= 15 is 0 Å². The highest BCUT2D eigenvalue weighted by Gasteiger charge is 2.15. The van der Waals surface area contributed by atoms with Crippen LogP contribution in [0.15, 0.2) is 53.9 Å². The lowest BCUT2D eigenvalue weighted by atomic mass is 10.1. The van der Waals surface area contributed by atoms with E-state index in [0.29, 0.717) is 22.9 Å². The van der Waals surface area contributed by atoms with Crippen molar-refractivity contribution in [2.45, 2.75) is 13.5 Å². The fourth-order valence-electron chi connectivity index (χ4n) is 2.62. The van der Waals surface area contributed by atoms with Crippen LogP contribution >= 0.6 is 11.3 Å². The number of ether oxygens (including phenoxy) is 2. The molecule has 3 aromatic rings. The van der Waals surface area contributed by atoms with Crippen molar-refractivity contribution >= 4 is 40.0 Å². The minimum absolute atomic E-state index is 0.122. The lowest BCUT2D eigenvalue weighted by Crippen LogP contribution is -2.21. The molecule has 31 heavy (non-hydrogen) atoms. The summed E-state index contributed by atoms with van der Waals surface area (Å²) >= 11 is 1.27. The minimum Gasteiger partial charge on any atom is -0.465 e. The number of nitrogens with one attached hydrogen (secondary N) is 2. The number of carbonyl (C=O) groups is 3. The maximum Gasteiger partial charge on any atom is 0.358 e. The summed E-state index contributed by atoms with van der Waals surface area (Å²) in [5.74, 6) is -1.74. The van der Waals surface area contributed by atoms with Gasteiger partial charge in [0.25, 0.3) is 5.91 Å². The van der Waals surface area contributed by atoms with Crippen LogP contribution in [-0.4, -0.2) is 36.5 Å². The Hall–Kier alpha value is -3.72. The van der Waals surface area contributed by atoms with Crippen molar-refractivity contribution in [1.82, 2.24) is 4.98 Å². The molecule has 0 saturated carbocycles. The van der Waals surface area contributed by atoms with Gasteiger partial charge in [-0.25, -0.2) is 14.6 Å². The average Bonchev–Trinajstić information content (AvgIpc) is 3.27. The summed E-state index contributed by atoms with van der Waals surface area (Å²) in [5, 5.41) is 7.91. The van der Waals surface area contributed by atoms with E-state index in [1.165, 1.54) is 24.5 Å². The monoisotopic (exact) mass is 439 g/mol. The third kappa shape index (κ3) is 6.13. The number of benzene rings is 2. The largest absolute Gasteiger partial charge is 0.465 e. The number of thiazole rings is 1. The molecule has 0 unspecified atom stereocenters. The predicted molar refractivity (Wildman–Crippen MR) is 117 cm³/mol. The van der Waals surface area contributed by atoms with E-state index in [1.807, 2.05) is 30.3 Å². The SMILES string of the molecule is COC(=O)c1ccc(C)c(NC(=O)COC(=O)c2csc(NCc3ccccc3)n2)c1. The maximum atomic E-state index is 12.2. The summed E-state index contributed by atoms with van der Waals surface area (Å²) in [5.41, 5.74) is 2.70. The molecule has 1 aromatic heterocycles. The van der Waals surface area contributed by atoms with Crippen LogP contribution in [0.1, 0.15) is 32.0 Å². The van der Waals surface area contributed by atoms with E-state index in [2.05, 4.69) is 20.4 Å².